The highest BCUT2D eigenvalue weighted by molar-refractivity contribution is 6.24. The molecule has 15 heavy (non-hydrogen) atoms. The van der Waals surface area contributed by atoms with Crippen LogP contribution in [0.15, 0.2) is 9.98 Å². The largest absolute Gasteiger partial charge is 0.353 e. The van der Waals surface area contributed by atoms with E-state index >= 15 is 0 Å². The van der Waals surface area contributed by atoms with Crippen molar-refractivity contribution in [3.05, 3.63) is 0 Å². The number of guanidine groups is 2. The average Bonchev–Trinajstić information content (AvgIpc) is 2.94. The van der Waals surface area contributed by atoms with Gasteiger partial charge in [-0.1, -0.05) is 0 Å². The molecular weight excluding hydrogens is 214 g/mol. The van der Waals surface area contributed by atoms with E-state index in [1.165, 1.54) is 17.3 Å². The summed E-state index contributed by atoms with van der Waals surface area (Å²) in [5.74, 6) is 1.46. The maximum Gasteiger partial charge on any atom is 0.217 e. The lowest BCUT2D eigenvalue weighted by Gasteiger charge is -2.24. The van der Waals surface area contributed by atoms with Crippen LogP contribution in [-0.2, 0) is 0 Å². The van der Waals surface area contributed by atoms with Crippen LogP contribution < -0.4 is 10.6 Å². The van der Waals surface area contributed by atoms with Gasteiger partial charge >= 0.3 is 0 Å². The maximum atomic E-state index is 5.95. The number of aliphatic imine (C=N–C) groups is 2. The number of nitrogens with one attached hydrogen (secondary N) is 2. The van der Waals surface area contributed by atoms with Crippen LogP contribution in [0.1, 0.15) is 26.7 Å². The molecule has 0 atom stereocenters. The first kappa shape index (κ1) is 10.5. The summed E-state index contributed by atoms with van der Waals surface area (Å²) < 4.78 is 1.48. The molecule has 1 fully saturated rings. The van der Waals surface area contributed by atoms with E-state index in [1.54, 1.807) is 0 Å². The average molecular weight is 230 g/mol. The van der Waals surface area contributed by atoms with Crippen molar-refractivity contribution in [3.8, 4) is 0 Å². The SMILES string of the molecule is CC(C)N=C1NC(NC2CC2)=NCN1Cl. The van der Waals surface area contributed by atoms with Crippen LogP contribution in [0, 0.1) is 0 Å². The number of hydrogen-bond donors (Lipinski definition) is 2. The quantitative estimate of drug-likeness (QED) is 0.692. The molecule has 2 N–H and O–H groups in total. The smallest absolute Gasteiger partial charge is 0.217 e. The zero-order valence-electron chi connectivity index (χ0n) is 9.00. The second-order valence-electron chi connectivity index (χ2n) is 4.10. The van der Waals surface area contributed by atoms with E-state index in [9.17, 15) is 0 Å². The number of rotatable bonds is 2. The lowest BCUT2D eigenvalue weighted by Crippen LogP contribution is -2.51. The highest BCUT2D eigenvalue weighted by atomic mass is 35.5. The van der Waals surface area contributed by atoms with Gasteiger partial charge in [-0.15, -0.1) is 0 Å². The second-order valence-corrected chi connectivity index (χ2v) is 4.51. The summed E-state index contributed by atoms with van der Waals surface area (Å²) in [5, 5.41) is 6.38. The molecule has 6 heteroatoms. The third kappa shape index (κ3) is 2.99. The lowest BCUT2D eigenvalue weighted by atomic mass is 10.4. The van der Waals surface area contributed by atoms with Crippen molar-refractivity contribution >= 4 is 23.7 Å². The van der Waals surface area contributed by atoms with Crippen LogP contribution in [0.4, 0.5) is 0 Å². The molecule has 2 rings (SSSR count). The van der Waals surface area contributed by atoms with E-state index in [0.29, 0.717) is 18.7 Å². The van der Waals surface area contributed by atoms with Crippen LogP contribution in [0.2, 0.25) is 0 Å². The monoisotopic (exact) mass is 229 g/mol. The minimum Gasteiger partial charge on any atom is -0.353 e. The van der Waals surface area contributed by atoms with Crippen LogP contribution in [0.5, 0.6) is 0 Å². The zero-order valence-corrected chi connectivity index (χ0v) is 9.75. The van der Waals surface area contributed by atoms with Gasteiger partial charge in [-0.25, -0.2) is 14.4 Å². The van der Waals surface area contributed by atoms with Crippen molar-refractivity contribution in [2.75, 3.05) is 6.67 Å². The van der Waals surface area contributed by atoms with Gasteiger partial charge < -0.3 is 5.32 Å². The predicted molar refractivity (Wildman–Crippen MR) is 61.9 cm³/mol. The molecule has 1 saturated carbocycles. The summed E-state index contributed by atoms with van der Waals surface area (Å²) in [6, 6.07) is 0.799. The molecular formula is C9H16ClN5. The molecule has 1 heterocycles. The minimum atomic E-state index is 0.217. The highest BCUT2D eigenvalue weighted by Gasteiger charge is 2.25. The van der Waals surface area contributed by atoms with E-state index < -0.39 is 0 Å². The Morgan fingerprint density at radius 3 is 2.93 bits per heavy atom. The second kappa shape index (κ2) is 4.26. The molecule has 0 unspecified atom stereocenters. The third-order valence-electron chi connectivity index (χ3n) is 2.11. The van der Waals surface area contributed by atoms with E-state index in [2.05, 4.69) is 20.6 Å². The van der Waals surface area contributed by atoms with Gasteiger partial charge in [0, 0.05) is 23.9 Å². The summed E-state index contributed by atoms with van der Waals surface area (Å²) in [6.45, 7) is 4.47. The predicted octanol–water partition coefficient (Wildman–Crippen LogP) is 0.875. The molecule has 1 aliphatic heterocycles. The first-order chi connectivity index (χ1) is 7.15. The molecule has 0 bridgehead atoms. The molecule has 0 spiro atoms. The summed E-state index contributed by atoms with van der Waals surface area (Å²) in [6.07, 6.45) is 2.45. The lowest BCUT2D eigenvalue weighted by molar-refractivity contribution is 0.612. The van der Waals surface area contributed by atoms with Crippen LogP contribution in [-0.4, -0.2) is 35.1 Å². The molecule has 84 valence electrons. The first-order valence-corrected chi connectivity index (χ1v) is 5.58. The van der Waals surface area contributed by atoms with Crippen molar-refractivity contribution in [3.63, 3.8) is 0 Å². The third-order valence-corrected chi connectivity index (χ3v) is 2.38. The summed E-state index contributed by atoms with van der Waals surface area (Å²) >= 11 is 5.95. The summed E-state index contributed by atoms with van der Waals surface area (Å²) in [4.78, 5) is 8.63. The Morgan fingerprint density at radius 1 is 1.60 bits per heavy atom. The Labute approximate surface area is 94.7 Å². The van der Waals surface area contributed by atoms with Gasteiger partial charge in [-0.05, 0) is 26.7 Å². The summed E-state index contributed by atoms with van der Waals surface area (Å²) in [7, 11) is 0. The standard InChI is InChI=1S/C9H16ClN5/c1-6(2)12-9-14-8(11-5-15(9)10)13-7-3-4-7/h6-7H,3-5H2,1-2H3,(H2,11,12,13,14). The maximum absolute atomic E-state index is 5.95. The van der Waals surface area contributed by atoms with Gasteiger partial charge in [0.25, 0.3) is 0 Å². The highest BCUT2D eigenvalue weighted by Crippen LogP contribution is 2.18. The Hall–Kier alpha value is -0.970. The van der Waals surface area contributed by atoms with Crippen molar-refractivity contribution in [2.45, 2.75) is 38.8 Å². The first-order valence-electron chi connectivity index (χ1n) is 5.24. The molecule has 2 aliphatic rings. The van der Waals surface area contributed by atoms with E-state index in [4.69, 9.17) is 11.8 Å². The Morgan fingerprint density at radius 2 is 2.33 bits per heavy atom. The van der Waals surface area contributed by atoms with Gasteiger partial charge in [-0.2, -0.15) is 0 Å². The fraction of sp³-hybridized carbons (Fsp3) is 0.778. The number of hydrogen-bond acceptors (Lipinski definition) is 3. The van der Waals surface area contributed by atoms with Gasteiger partial charge in [-0.3, -0.25) is 5.32 Å². The van der Waals surface area contributed by atoms with Gasteiger partial charge in [0.05, 0.1) is 0 Å². The van der Waals surface area contributed by atoms with E-state index in [-0.39, 0.29) is 6.04 Å². The minimum absolute atomic E-state index is 0.217. The number of nitrogens with zero attached hydrogens (tertiary/aromatic N) is 3. The molecule has 5 nitrogen and oxygen atoms in total. The van der Waals surface area contributed by atoms with Crippen molar-refractivity contribution in [1.82, 2.24) is 15.1 Å². The van der Waals surface area contributed by atoms with E-state index in [0.717, 1.165) is 5.96 Å². The van der Waals surface area contributed by atoms with Gasteiger partial charge in [0.15, 0.2) is 5.96 Å². The zero-order chi connectivity index (χ0) is 10.8. The molecule has 0 saturated heterocycles. The Kier molecular flexibility index (Phi) is 3.00. The van der Waals surface area contributed by atoms with Crippen molar-refractivity contribution in [2.24, 2.45) is 9.98 Å². The van der Waals surface area contributed by atoms with Crippen LogP contribution in [0.25, 0.3) is 0 Å². The Bertz CT molecular complexity index is 295. The van der Waals surface area contributed by atoms with Crippen LogP contribution in [0.3, 0.4) is 0 Å². The molecule has 0 aromatic rings. The van der Waals surface area contributed by atoms with Crippen LogP contribution >= 0.6 is 11.8 Å². The van der Waals surface area contributed by atoms with Crippen molar-refractivity contribution < 1.29 is 0 Å². The summed E-state index contributed by atoms with van der Waals surface area (Å²) in [5.41, 5.74) is 0. The fourth-order valence-corrected chi connectivity index (χ4v) is 1.39. The fourth-order valence-electron chi connectivity index (χ4n) is 1.25. The topological polar surface area (TPSA) is 52.0 Å². The molecule has 0 aromatic carbocycles. The van der Waals surface area contributed by atoms with Gasteiger partial charge in [0.1, 0.15) is 6.67 Å². The van der Waals surface area contributed by atoms with E-state index in [1.807, 2.05) is 13.8 Å². The molecule has 0 aromatic heterocycles. The molecule has 0 amide bonds. The normalized spacial score (nSPS) is 24.1. The molecule has 1 aliphatic carbocycles. The number of halogens is 1. The van der Waals surface area contributed by atoms with Gasteiger partial charge in [0.2, 0.25) is 5.96 Å². The Balaban J connectivity index is 1.98. The van der Waals surface area contributed by atoms with Crippen molar-refractivity contribution in [1.29, 1.82) is 0 Å². The molecule has 0 radical (unpaired) electrons.